The summed E-state index contributed by atoms with van der Waals surface area (Å²) < 4.78 is 20.7. The maximum absolute atomic E-state index is 13.9. The van der Waals surface area contributed by atoms with Crippen LogP contribution in [0.2, 0.25) is 0 Å². The second-order valence-corrected chi connectivity index (χ2v) is 5.82. The highest BCUT2D eigenvalue weighted by Crippen LogP contribution is 2.28. The molecule has 1 unspecified atom stereocenters. The van der Waals surface area contributed by atoms with Crippen LogP contribution in [-0.4, -0.2) is 5.11 Å². The fourth-order valence-electron chi connectivity index (χ4n) is 2.19. The molecule has 2 aromatic carbocycles. The monoisotopic (exact) mass is 302 g/mol. The number of hydrogen-bond donors (Lipinski definition) is 1. The van der Waals surface area contributed by atoms with Crippen molar-refractivity contribution < 1.29 is 14.2 Å². The molecule has 3 aromatic rings. The summed E-state index contributed by atoms with van der Waals surface area (Å²) >= 11 is 1.65. The lowest BCUT2D eigenvalue weighted by molar-refractivity contribution is 0.198. The van der Waals surface area contributed by atoms with Gasteiger partial charge >= 0.3 is 0 Å². The second-order valence-electron chi connectivity index (χ2n) is 4.91. The SMILES string of the molecule is CC(O)c1ccc(OCc2csc3ccccc23)c(F)c1. The van der Waals surface area contributed by atoms with E-state index in [1.165, 1.54) is 10.8 Å². The first-order chi connectivity index (χ1) is 10.1. The Balaban J connectivity index is 1.79. The molecule has 0 aliphatic heterocycles. The fraction of sp³-hybridized carbons (Fsp3) is 0.176. The van der Waals surface area contributed by atoms with Crippen molar-refractivity contribution >= 4 is 21.4 Å². The van der Waals surface area contributed by atoms with Gasteiger partial charge in [0.1, 0.15) is 6.61 Å². The highest BCUT2D eigenvalue weighted by atomic mass is 32.1. The molecule has 3 rings (SSSR count). The zero-order valence-corrected chi connectivity index (χ0v) is 12.4. The van der Waals surface area contributed by atoms with Gasteiger partial charge in [-0.1, -0.05) is 24.3 Å². The largest absolute Gasteiger partial charge is 0.486 e. The van der Waals surface area contributed by atoms with E-state index in [-0.39, 0.29) is 5.75 Å². The summed E-state index contributed by atoms with van der Waals surface area (Å²) in [6, 6.07) is 12.6. The smallest absolute Gasteiger partial charge is 0.165 e. The van der Waals surface area contributed by atoms with Gasteiger partial charge in [0, 0.05) is 10.3 Å². The molecule has 0 aliphatic carbocycles. The Bertz CT molecular complexity index is 764. The Hall–Kier alpha value is -1.91. The van der Waals surface area contributed by atoms with Crippen LogP contribution in [0.25, 0.3) is 10.1 Å². The number of benzene rings is 2. The van der Waals surface area contributed by atoms with Crippen molar-refractivity contribution in [3.63, 3.8) is 0 Å². The van der Waals surface area contributed by atoms with Crippen LogP contribution in [0.3, 0.4) is 0 Å². The zero-order valence-electron chi connectivity index (χ0n) is 11.5. The summed E-state index contributed by atoms with van der Waals surface area (Å²) in [6.07, 6.45) is -0.686. The summed E-state index contributed by atoms with van der Waals surface area (Å²) in [5.41, 5.74) is 1.59. The second kappa shape index (κ2) is 5.84. The van der Waals surface area contributed by atoms with Crippen molar-refractivity contribution in [3.05, 3.63) is 64.8 Å². The fourth-order valence-corrected chi connectivity index (χ4v) is 3.14. The number of hydrogen-bond acceptors (Lipinski definition) is 3. The lowest BCUT2D eigenvalue weighted by Crippen LogP contribution is -1.98. The van der Waals surface area contributed by atoms with E-state index in [0.29, 0.717) is 12.2 Å². The molecule has 21 heavy (non-hydrogen) atoms. The molecule has 1 N–H and O–H groups in total. The van der Waals surface area contributed by atoms with Gasteiger partial charge in [-0.05, 0) is 41.5 Å². The molecular formula is C17H15FO2S. The van der Waals surface area contributed by atoms with Gasteiger partial charge in [0.2, 0.25) is 0 Å². The first kappa shape index (κ1) is 14.0. The third-order valence-electron chi connectivity index (χ3n) is 3.38. The minimum atomic E-state index is -0.686. The van der Waals surface area contributed by atoms with E-state index in [9.17, 15) is 9.50 Å². The van der Waals surface area contributed by atoms with Crippen LogP contribution in [0.5, 0.6) is 5.75 Å². The average Bonchev–Trinajstić information content (AvgIpc) is 2.89. The molecule has 0 saturated heterocycles. The number of rotatable bonds is 4. The van der Waals surface area contributed by atoms with Crippen molar-refractivity contribution in [1.82, 2.24) is 0 Å². The van der Waals surface area contributed by atoms with E-state index in [0.717, 1.165) is 10.9 Å². The minimum absolute atomic E-state index is 0.203. The molecule has 4 heteroatoms. The Morgan fingerprint density at radius 3 is 2.81 bits per heavy atom. The summed E-state index contributed by atoms with van der Waals surface area (Å²) in [5.74, 6) is -0.248. The van der Waals surface area contributed by atoms with Crippen molar-refractivity contribution in [2.24, 2.45) is 0 Å². The minimum Gasteiger partial charge on any atom is -0.486 e. The molecule has 0 radical (unpaired) electrons. The number of fused-ring (bicyclic) bond motifs is 1. The van der Waals surface area contributed by atoms with Crippen molar-refractivity contribution in [3.8, 4) is 5.75 Å². The van der Waals surface area contributed by atoms with Crippen LogP contribution in [0.15, 0.2) is 47.8 Å². The number of aliphatic hydroxyl groups is 1. The highest BCUT2D eigenvalue weighted by Gasteiger charge is 2.09. The predicted octanol–water partition coefficient (Wildman–Crippen LogP) is 4.67. The topological polar surface area (TPSA) is 29.5 Å². The molecule has 1 aromatic heterocycles. The third-order valence-corrected chi connectivity index (χ3v) is 4.39. The Morgan fingerprint density at radius 2 is 2.05 bits per heavy atom. The van der Waals surface area contributed by atoms with Crippen LogP contribution < -0.4 is 4.74 Å². The molecule has 1 atom stereocenters. The van der Waals surface area contributed by atoms with Gasteiger partial charge < -0.3 is 9.84 Å². The molecule has 0 spiro atoms. The lowest BCUT2D eigenvalue weighted by Gasteiger charge is -2.09. The van der Waals surface area contributed by atoms with Crippen LogP contribution in [0.4, 0.5) is 4.39 Å². The van der Waals surface area contributed by atoms with E-state index in [1.54, 1.807) is 30.4 Å². The summed E-state index contributed by atoms with van der Waals surface area (Å²) in [6.45, 7) is 1.93. The average molecular weight is 302 g/mol. The van der Waals surface area contributed by atoms with E-state index < -0.39 is 11.9 Å². The highest BCUT2D eigenvalue weighted by molar-refractivity contribution is 7.17. The quantitative estimate of drug-likeness (QED) is 0.758. The van der Waals surface area contributed by atoms with E-state index in [4.69, 9.17) is 4.74 Å². The standard InChI is InChI=1S/C17H15FO2S/c1-11(19)12-6-7-16(15(18)8-12)20-9-13-10-21-17-5-3-2-4-14(13)17/h2-8,10-11,19H,9H2,1H3. The van der Waals surface area contributed by atoms with Gasteiger partial charge in [0.05, 0.1) is 6.10 Å². The number of thiophene rings is 1. The first-order valence-electron chi connectivity index (χ1n) is 6.70. The molecule has 1 heterocycles. The van der Waals surface area contributed by atoms with Gasteiger partial charge in [0.25, 0.3) is 0 Å². The summed E-state index contributed by atoms with van der Waals surface area (Å²) in [5, 5.41) is 12.6. The number of ether oxygens (including phenoxy) is 1. The first-order valence-corrected chi connectivity index (χ1v) is 7.58. The van der Waals surface area contributed by atoms with Crippen LogP contribution in [0, 0.1) is 5.82 Å². The Kier molecular flexibility index (Phi) is 3.90. The van der Waals surface area contributed by atoms with Gasteiger partial charge in [0.15, 0.2) is 11.6 Å². The van der Waals surface area contributed by atoms with E-state index in [1.807, 2.05) is 23.6 Å². The zero-order chi connectivity index (χ0) is 14.8. The molecule has 0 fully saturated rings. The lowest BCUT2D eigenvalue weighted by atomic mass is 10.1. The van der Waals surface area contributed by atoms with E-state index in [2.05, 4.69) is 6.07 Å². The third kappa shape index (κ3) is 2.91. The van der Waals surface area contributed by atoms with Crippen molar-refractivity contribution in [1.29, 1.82) is 0 Å². The Morgan fingerprint density at radius 1 is 1.24 bits per heavy atom. The van der Waals surface area contributed by atoms with Crippen LogP contribution >= 0.6 is 11.3 Å². The predicted molar refractivity (Wildman–Crippen MR) is 83.2 cm³/mol. The molecule has 2 nitrogen and oxygen atoms in total. The van der Waals surface area contributed by atoms with Gasteiger partial charge in [-0.2, -0.15) is 0 Å². The molecule has 0 amide bonds. The van der Waals surface area contributed by atoms with Gasteiger partial charge in [-0.3, -0.25) is 0 Å². The number of halogens is 1. The normalized spacial score (nSPS) is 12.5. The maximum Gasteiger partial charge on any atom is 0.165 e. The van der Waals surface area contributed by atoms with Crippen LogP contribution in [0.1, 0.15) is 24.2 Å². The molecule has 0 saturated carbocycles. The summed E-state index contributed by atoms with van der Waals surface area (Å²) in [7, 11) is 0. The molecule has 108 valence electrons. The van der Waals surface area contributed by atoms with Crippen molar-refractivity contribution in [2.75, 3.05) is 0 Å². The number of aliphatic hydroxyl groups excluding tert-OH is 1. The molecular weight excluding hydrogens is 287 g/mol. The van der Waals surface area contributed by atoms with Crippen LogP contribution in [-0.2, 0) is 6.61 Å². The van der Waals surface area contributed by atoms with Crippen molar-refractivity contribution in [2.45, 2.75) is 19.6 Å². The van der Waals surface area contributed by atoms with E-state index >= 15 is 0 Å². The maximum atomic E-state index is 13.9. The van der Waals surface area contributed by atoms with Gasteiger partial charge in [-0.15, -0.1) is 11.3 Å². The molecule has 0 aliphatic rings. The molecule has 0 bridgehead atoms. The Labute approximate surface area is 126 Å². The summed E-state index contributed by atoms with van der Waals surface area (Å²) in [4.78, 5) is 0. The van der Waals surface area contributed by atoms with Gasteiger partial charge in [-0.25, -0.2) is 4.39 Å².